The minimum atomic E-state index is 1.09. The third-order valence-electron chi connectivity index (χ3n) is 22.4. The number of aromatic nitrogens is 3. The fraction of sp³-hybridized carbons (Fsp3) is 0. The number of halogens is 1. The molecule has 0 saturated heterocycles. The Morgan fingerprint density at radius 1 is 0.178 bits per heavy atom. The molecule has 0 unspecified atom stereocenters. The number of benzene rings is 19. The van der Waals surface area contributed by atoms with Crippen molar-refractivity contribution in [3.05, 3.63) is 466 Å². The van der Waals surface area contributed by atoms with Gasteiger partial charge in [0, 0.05) is 110 Å². The molecule has 0 aliphatic rings. The first-order valence-electron chi connectivity index (χ1n) is 40.0. The van der Waals surface area contributed by atoms with E-state index in [2.05, 4.69) is 475 Å². The van der Waals surface area contributed by atoms with Gasteiger partial charge in [-0.25, -0.2) is 0 Å². The Morgan fingerprint density at radius 3 is 0.814 bits per heavy atom. The molecular weight excluding hydrogens is 1500 g/mol. The Morgan fingerprint density at radius 2 is 0.432 bits per heavy atom. The van der Waals surface area contributed by atoms with Gasteiger partial charge < -0.3 is 34.1 Å². The molecular formula is C110H78BrN7. The molecule has 3 heterocycles. The molecule has 118 heavy (non-hydrogen) atoms. The van der Waals surface area contributed by atoms with Crippen LogP contribution in [0.5, 0.6) is 0 Å². The highest BCUT2D eigenvalue weighted by Crippen LogP contribution is 2.45. The van der Waals surface area contributed by atoms with Crippen molar-refractivity contribution in [1.29, 1.82) is 0 Å². The smallest absolute Gasteiger partial charge is 0.0542 e. The Hall–Kier alpha value is -15.2. The van der Waals surface area contributed by atoms with E-state index >= 15 is 0 Å². The topological polar surface area (TPSA) is 45.3 Å². The lowest BCUT2D eigenvalue weighted by Gasteiger charge is -2.28. The molecule has 0 aliphatic carbocycles. The van der Waals surface area contributed by atoms with Crippen LogP contribution >= 0.6 is 15.9 Å². The summed E-state index contributed by atoms with van der Waals surface area (Å²) >= 11 is 3.68. The van der Waals surface area contributed by atoms with Gasteiger partial charge in [-0.3, -0.25) is 0 Å². The molecule has 0 spiro atoms. The molecule has 0 fully saturated rings. The second-order valence-electron chi connectivity index (χ2n) is 29.5. The van der Waals surface area contributed by atoms with Crippen LogP contribution < -0.4 is 20.4 Å². The number of fused-ring (bicyclic) bond motifs is 11. The van der Waals surface area contributed by atoms with Crippen LogP contribution in [0.25, 0.3) is 126 Å². The number of nitrogens with zero attached hydrogens (tertiary/aromatic N) is 5. The van der Waals surface area contributed by atoms with Gasteiger partial charge in [0.25, 0.3) is 0 Å². The molecule has 0 saturated carbocycles. The van der Waals surface area contributed by atoms with Gasteiger partial charge >= 0.3 is 0 Å². The van der Waals surface area contributed by atoms with Crippen molar-refractivity contribution in [2.24, 2.45) is 0 Å². The lowest BCUT2D eigenvalue weighted by atomic mass is 10.0. The first kappa shape index (κ1) is 71.8. The van der Waals surface area contributed by atoms with Gasteiger partial charge in [-0.15, -0.1) is 0 Å². The summed E-state index contributed by atoms with van der Waals surface area (Å²) in [6.45, 7) is 0. The van der Waals surface area contributed by atoms with Crippen molar-refractivity contribution in [2.45, 2.75) is 0 Å². The molecule has 22 aromatic rings. The second kappa shape index (κ2) is 32.0. The molecule has 7 nitrogen and oxygen atoms in total. The Labute approximate surface area is 693 Å². The predicted molar refractivity (Wildman–Crippen MR) is 505 cm³/mol. The standard InChI is InChI=1S/C64H44N4.C24H20N2.C22H14BrN/c1-3-17-47(18-4-1)65(50-39-41-52(42-40-50)67-59-27-13-9-23-53(59)54-24-10-14-28-60(54)67)49-35-31-45(32-36-49)46-33-37-51(38-34-46)66(48-19-5-2-6-20-48)63-43-44-64(58-22-8-7-21-57(58)63)68-61-29-15-11-25-55(61)56-26-12-16-30-62(56)68;1-3-7-21(8-4-1)25-23-15-11-19(12-16-23)20-13-17-24(18-14-20)26-22-9-5-2-6-10-22;23-19-13-14-22(16-8-2-1-7-15(16)19)24-20-11-5-3-9-17(20)18-10-4-6-12-21(18)24/h1-44H;1-18,25-26H;1-14H. The average Bonchev–Trinajstić information content (AvgIpc) is 1.58. The molecule has 0 amide bonds. The van der Waals surface area contributed by atoms with Gasteiger partial charge in [-0.1, -0.05) is 295 Å². The van der Waals surface area contributed by atoms with E-state index in [1.165, 1.54) is 104 Å². The summed E-state index contributed by atoms with van der Waals surface area (Å²) in [4.78, 5) is 4.71. The Bertz CT molecular complexity index is 7090. The first-order valence-corrected chi connectivity index (χ1v) is 40.8. The van der Waals surface area contributed by atoms with Gasteiger partial charge in [0.15, 0.2) is 0 Å². The van der Waals surface area contributed by atoms with E-state index in [4.69, 9.17) is 0 Å². The highest BCUT2D eigenvalue weighted by Gasteiger charge is 2.22. The summed E-state index contributed by atoms with van der Waals surface area (Å²) in [6.07, 6.45) is 0. The quantitative estimate of drug-likeness (QED) is 0.107. The van der Waals surface area contributed by atoms with Crippen molar-refractivity contribution in [3.63, 3.8) is 0 Å². The van der Waals surface area contributed by atoms with Crippen LogP contribution in [0.4, 0.5) is 56.9 Å². The van der Waals surface area contributed by atoms with E-state index in [0.29, 0.717) is 0 Å². The van der Waals surface area contributed by atoms with Crippen molar-refractivity contribution >= 4 is 160 Å². The highest BCUT2D eigenvalue weighted by molar-refractivity contribution is 9.10. The molecule has 0 radical (unpaired) electrons. The molecule has 0 atom stereocenters. The van der Waals surface area contributed by atoms with E-state index in [0.717, 1.165) is 83.8 Å². The number of hydrogen-bond acceptors (Lipinski definition) is 4. The van der Waals surface area contributed by atoms with E-state index in [-0.39, 0.29) is 0 Å². The molecule has 8 heteroatoms. The van der Waals surface area contributed by atoms with Crippen LogP contribution in [-0.2, 0) is 0 Å². The minimum absolute atomic E-state index is 1.09. The maximum absolute atomic E-state index is 3.68. The molecule has 19 aromatic carbocycles. The second-order valence-corrected chi connectivity index (χ2v) is 30.3. The van der Waals surface area contributed by atoms with Crippen LogP contribution in [0.1, 0.15) is 0 Å². The normalized spacial score (nSPS) is 11.3. The molecule has 560 valence electrons. The number of anilines is 10. The zero-order chi connectivity index (χ0) is 78.7. The Kier molecular flexibility index (Phi) is 19.5. The predicted octanol–water partition coefficient (Wildman–Crippen LogP) is 31.2. The van der Waals surface area contributed by atoms with Crippen LogP contribution in [0.2, 0.25) is 0 Å². The highest BCUT2D eigenvalue weighted by atomic mass is 79.9. The lowest BCUT2D eigenvalue weighted by Crippen LogP contribution is -2.11. The summed E-state index contributed by atoms with van der Waals surface area (Å²) < 4.78 is 8.29. The minimum Gasteiger partial charge on any atom is -0.356 e. The third-order valence-corrected chi connectivity index (χ3v) is 23.1. The monoisotopic (exact) mass is 1580 g/mol. The van der Waals surface area contributed by atoms with Gasteiger partial charge in [0.1, 0.15) is 0 Å². The van der Waals surface area contributed by atoms with Gasteiger partial charge in [-0.05, 0) is 210 Å². The largest absolute Gasteiger partial charge is 0.356 e. The average molecular weight is 1580 g/mol. The fourth-order valence-electron chi connectivity index (χ4n) is 16.9. The van der Waals surface area contributed by atoms with Gasteiger partial charge in [0.2, 0.25) is 0 Å². The van der Waals surface area contributed by atoms with Crippen LogP contribution in [0.15, 0.2) is 466 Å². The van der Waals surface area contributed by atoms with Gasteiger partial charge in [0.05, 0.1) is 50.2 Å². The number of rotatable bonds is 15. The SMILES string of the molecule is Brc1ccc(-n2c3ccccc3c3ccccc32)c2ccccc12.c1ccc(N(c2ccc(-c3ccc(N(c4ccccc4)c4ccc(-n5c6ccccc6c6ccccc65)c5ccccc45)cc3)cc2)c2ccc(-n3c4ccccc4c4ccccc43)cc2)cc1.c1ccc(Nc2ccc(-c3ccc(Nc4ccccc4)cc3)cc2)cc1. The molecule has 0 aliphatic heterocycles. The zero-order valence-corrected chi connectivity index (χ0v) is 66.1. The van der Waals surface area contributed by atoms with Crippen molar-refractivity contribution in [2.75, 3.05) is 20.4 Å². The number of nitrogens with one attached hydrogen (secondary N) is 2. The molecule has 22 rings (SSSR count). The Balaban J connectivity index is 0.000000144. The summed E-state index contributed by atoms with van der Waals surface area (Å²) in [5.41, 5.74) is 26.5. The van der Waals surface area contributed by atoms with Crippen LogP contribution in [-0.4, -0.2) is 13.7 Å². The van der Waals surface area contributed by atoms with Crippen molar-refractivity contribution < 1.29 is 0 Å². The molecule has 3 aromatic heterocycles. The van der Waals surface area contributed by atoms with Crippen LogP contribution in [0.3, 0.4) is 0 Å². The summed E-state index contributed by atoms with van der Waals surface area (Å²) in [5, 5.41) is 19.3. The molecule has 2 N–H and O–H groups in total. The molecule has 0 bridgehead atoms. The van der Waals surface area contributed by atoms with E-state index in [9.17, 15) is 0 Å². The summed E-state index contributed by atoms with van der Waals surface area (Å²) in [7, 11) is 0. The lowest BCUT2D eigenvalue weighted by molar-refractivity contribution is 1.17. The summed E-state index contributed by atoms with van der Waals surface area (Å²) in [6, 6.07) is 164. The van der Waals surface area contributed by atoms with Crippen molar-refractivity contribution in [3.8, 4) is 39.3 Å². The zero-order valence-electron chi connectivity index (χ0n) is 64.5. The third kappa shape index (κ3) is 13.9. The van der Waals surface area contributed by atoms with E-state index in [1.54, 1.807) is 0 Å². The maximum atomic E-state index is 3.68. The maximum Gasteiger partial charge on any atom is 0.0542 e. The van der Waals surface area contributed by atoms with Gasteiger partial charge in [-0.2, -0.15) is 0 Å². The fourth-order valence-corrected chi connectivity index (χ4v) is 17.4. The number of para-hydroxylation sites is 10. The van der Waals surface area contributed by atoms with Crippen molar-refractivity contribution in [1.82, 2.24) is 13.7 Å². The first-order chi connectivity index (χ1) is 58.5. The number of hydrogen-bond donors (Lipinski definition) is 2. The van der Waals surface area contributed by atoms with E-state index in [1.807, 2.05) is 36.4 Å². The van der Waals surface area contributed by atoms with Crippen LogP contribution in [0, 0.1) is 0 Å². The summed E-state index contributed by atoms with van der Waals surface area (Å²) in [5.74, 6) is 0. The van der Waals surface area contributed by atoms with E-state index < -0.39 is 0 Å².